The maximum atomic E-state index is 2.26. The average Bonchev–Trinajstić information content (AvgIpc) is 2.47. The van der Waals surface area contributed by atoms with Crippen molar-refractivity contribution in [3.8, 4) is 0 Å². The van der Waals surface area contributed by atoms with Crippen molar-refractivity contribution in [2.24, 2.45) is 0 Å². The summed E-state index contributed by atoms with van der Waals surface area (Å²) in [4.78, 5) is 0. The first-order valence-electron chi connectivity index (χ1n) is 7.79. The minimum Gasteiger partial charge on any atom is -0.0654 e. The molecule has 2 aromatic rings. The molecule has 0 nitrogen and oxygen atoms in total. The fourth-order valence-electron chi connectivity index (χ4n) is 2.05. The predicted octanol–water partition coefficient (Wildman–Crippen LogP) is 6.11. The summed E-state index contributed by atoms with van der Waals surface area (Å²) in [5.74, 6) is 0. The Bertz CT molecular complexity index is 439. The van der Waals surface area contributed by atoms with E-state index in [1.165, 1.54) is 48.8 Å². The van der Waals surface area contributed by atoms with Gasteiger partial charge in [0.1, 0.15) is 0 Å². The van der Waals surface area contributed by atoms with Gasteiger partial charge in [0.2, 0.25) is 0 Å². The molecule has 0 fully saturated rings. The Morgan fingerprint density at radius 3 is 1.75 bits per heavy atom. The van der Waals surface area contributed by atoms with Crippen LogP contribution in [0.25, 0.3) is 0 Å². The van der Waals surface area contributed by atoms with Crippen LogP contribution in [0.1, 0.15) is 49.3 Å². The topological polar surface area (TPSA) is 0 Å². The van der Waals surface area contributed by atoms with Gasteiger partial charge in [0.25, 0.3) is 0 Å². The van der Waals surface area contributed by atoms with Crippen LogP contribution in [-0.4, -0.2) is 0 Å². The van der Waals surface area contributed by atoms with Crippen LogP contribution in [0.5, 0.6) is 0 Å². The Kier molecular flexibility index (Phi) is 8.46. The Labute approximate surface area is 124 Å². The summed E-state index contributed by atoms with van der Waals surface area (Å²) >= 11 is 0. The van der Waals surface area contributed by atoms with Crippen molar-refractivity contribution in [1.29, 1.82) is 0 Å². The lowest BCUT2D eigenvalue weighted by atomic mass is 10.1. The maximum absolute atomic E-state index is 2.26. The Hall–Kier alpha value is -1.56. The summed E-state index contributed by atoms with van der Waals surface area (Å²) in [5.41, 5.74) is 4.17. The van der Waals surface area contributed by atoms with Crippen LogP contribution < -0.4 is 0 Å². The van der Waals surface area contributed by atoms with Gasteiger partial charge >= 0.3 is 0 Å². The van der Waals surface area contributed by atoms with Crippen molar-refractivity contribution >= 4 is 0 Å². The first-order valence-corrected chi connectivity index (χ1v) is 7.79. The third-order valence-corrected chi connectivity index (χ3v) is 3.38. The van der Waals surface area contributed by atoms with Crippen LogP contribution in [-0.2, 0) is 6.42 Å². The lowest BCUT2D eigenvalue weighted by molar-refractivity contribution is 0.667. The molecule has 108 valence electrons. The fraction of sp³-hybridized carbons (Fsp3) is 0.400. The lowest BCUT2D eigenvalue weighted by Gasteiger charge is -2.01. The molecule has 0 saturated heterocycles. The molecule has 0 amide bonds. The summed E-state index contributed by atoms with van der Waals surface area (Å²) in [6.07, 6.45) is 6.68. The van der Waals surface area contributed by atoms with E-state index in [9.17, 15) is 0 Å². The van der Waals surface area contributed by atoms with E-state index in [2.05, 4.69) is 57.2 Å². The van der Waals surface area contributed by atoms with E-state index in [-0.39, 0.29) is 0 Å². The van der Waals surface area contributed by atoms with E-state index >= 15 is 0 Å². The molecule has 0 N–H and O–H groups in total. The number of rotatable bonds is 5. The van der Waals surface area contributed by atoms with Crippen LogP contribution in [0.15, 0.2) is 54.6 Å². The average molecular weight is 268 g/mol. The van der Waals surface area contributed by atoms with Gasteiger partial charge in [-0.2, -0.15) is 0 Å². The second kappa shape index (κ2) is 10.3. The van der Waals surface area contributed by atoms with Crippen LogP contribution in [0.3, 0.4) is 0 Å². The first-order chi connectivity index (χ1) is 9.72. The van der Waals surface area contributed by atoms with Gasteiger partial charge in [-0.3, -0.25) is 0 Å². The normalized spacial score (nSPS) is 9.75. The number of aryl methyl sites for hydroxylation is 3. The smallest absolute Gasteiger partial charge is 0.0279 e. The third kappa shape index (κ3) is 7.78. The van der Waals surface area contributed by atoms with Crippen molar-refractivity contribution < 1.29 is 0 Å². The van der Waals surface area contributed by atoms with Crippen LogP contribution in [0, 0.1) is 13.8 Å². The summed E-state index contributed by atoms with van der Waals surface area (Å²) in [5, 5.41) is 0. The first kappa shape index (κ1) is 16.5. The highest BCUT2D eigenvalue weighted by Gasteiger charge is 1.92. The van der Waals surface area contributed by atoms with Gasteiger partial charge in [0.15, 0.2) is 0 Å². The zero-order valence-corrected chi connectivity index (χ0v) is 13.2. The SMILES string of the molecule is CCCCCCc1ccc(C)cc1.Cc1ccccc1. The van der Waals surface area contributed by atoms with Gasteiger partial charge in [-0.15, -0.1) is 0 Å². The van der Waals surface area contributed by atoms with Crippen LogP contribution >= 0.6 is 0 Å². The zero-order valence-electron chi connectivity index (χ0n) is 13.2. The molecule has 0 aliphatic rings. The van der Waals surface area contributed by atoms with E-state index in [1.807, 2.05) is 18.2 Å². The standard InChI is InChI=1S/C13H20.C7H8/c1-3-4-5-6-7-13-10-8-12(2)9-11-13;1-7-5-3-2-4-6-7/h8-11H,3-7H2,1-2H3;2-6H,1H3. The number of unbranched alkanes of at least 4 members (excludes halogenated alkanes) is 3. The molecule has 0 radical (unpaired) electrons. The molecule has 20 heavy (non-hydrogen) atoms. The summed E-state index contributed by atoms with van der Waals surface area (Å²) in [7, 11) is 0. The quantitative estimate of drug-likeness (QED) is 0.574. The highest BCUT2D eigenvalue weighted by Crippen LogP contribution is 2.08. The van der Waals surface area contributed by atoms with Gasteiger partial charge in [0.05, 0.1) is 0 Å². The largest absolute Gasteiger partial charge is 0.0654 e. The van der Waals surface area contributed by atoms with Crippen molar-refractivity contribution in [1.82, 2.24) is 0 Å². The molecule has 0 heteroatoms. The maximum Gasteiger partial charge on any atom is -0.0279 e. The second-order valence-electron chi connectivity index (χ2n) is 5.45. The van der Waals surface area contributed by atoms with Crippen molar-refractivity contribution in [3.63, 3.8) is 0 Å². The van der Waals surface area contributed by atoms with Crippen molar-refractivity contribution in [2.45, 2.75) is 52.9 Å². The Balaban J connectivity index is 0.000000240. The zero-order chi connectivity index (χ0) is 14.6. The summed E-state index contributed by atoms with van der Waals surface area (Å²) in [6, 6.07) is 19.2. The van der Waals surface area contributed by atoms with Crippen molar-refractivity contribution in [3.05, 3.63) is 71.3 Å². The molecule has 0 unspecified atom stereocenters. The fourth-order valence-corrected chi connectivity index (χ4v) is 2.05. The molecule has 0 aliphatic heterocycles. The number of hydrogen-bond donors (Lipinski definition) is 0. The highest BCUT2D eigenvalue weighted by molar-refractivity contribution is 5.21. The molecular formula is C20H28. The molecule has 0 saturated carbocycles. The predicted molar refractivity (Wildman–Crippen MR) is 90.2 cm³/mol. The second-order valence-corrected chi connectivity index (χ2v) is 5.45. The third-order valence-electron chi connectivity index (χ3n) is 3.38. The monoisotopic (exact) mass is 268 g/mol. The van der Waals surface area contributed by atoms with Crippen LogP contribution in [0.2, 0.25) is 0 Å². The van der Waals surface area contributed by atoms with Crippen LogP contribution in [0.4, 0.5) is 0 Å². The molecule has 0 heterocycles. The highest BCUT2D eigenvalue weighted by atomic mass is 14.0. The van der Waals surface area contributed by atoms with Gasteiger partial charge in [-0.25, -0.2) is 0 Å². The molecule has 0 bridgehead atoms. The summed E-state index contributed by atoms with van der Waals surface area (Å²) in [6.45, 7) is 6.48. The molecule has 2 aromatic carbocycles. The Morgan fingerprint density at radius 1 is 0.650 bits per heavy atom. The van der Waals surface area contributed by atoms with E-state index in [4.69, 9.17) is 0 Å². The minimum absolute atomic E-state index is 1.25. The molecular weight excluding hydrogens is 240 g/mol. The lowest BCUT2D eigenvalue weighted by Crippen LogP contribution is -1.85. The van der Waals surface area contributed by atoms with Gasteiger partial charge in [-0.1, -0.05) is 91.9 Å². The molecule has 0 spiro atoms. The van der Waals surface area contributed by atoms with Gasteiger partial charge in [-0.05, 0) is 32.3 Å². The van der Waals surface area contributed by atoms with E-state index < -0.39 is 0 Å². The van der Waals surface area contributed by atoms with Gasteiger partial charge < -0.3 is 0 Å². The summed E-state index contributed by atoms with van der Waals surface area (Å²) < 4.78 is 0. The Morgan fingerprint density at radius 2 is 1.25 bits per heavy atom. The molecule has 0 aromatic heterocycles. The minimum atomic E-state index is 1.25. The van der Waals surface area contributed by atoms with E-state index in [0.29, 0.717) is 0 Å². The number of benzene rings is 2. The van der Waals surface area contributed by atoms with Crippen molar-refractivity contribution in [2.75, 3.05) is 0 Å². The molecule has 2 rings (SSSR count). The van der Waals surface area contributed by atoms with E-state index in [1.54, 1.807) is 0 Å². The van der Waals surface area contributed by atoms with Gasteiger partial charge in [0, 0.05) is 0 Å². The number of hydrogen-bond acceptors (Lipinski definition) is 0. The molecule has 0 aliphatic carbocycles. The van der Waals surface area contributed by atoms with E-state index in [0.717, 1.165) is 0 Å². The molecule has 0 atom stereocenters.